The molecule has 0 radical (unpaired) electrons. The number of phenolic OH excluding ortho intramolecular Hbond substituents is 1. The lowest BCUT2D eigenvalue weighted by atomic mass is 9.85. The number of hydrogen-bond donors (Lipinski definition) is 2. The zero-order valence-electron chi connectivity index (χ0n) is 18.9. The number of para-hydroxylation sites is 2. The highest BCUT2D eigenvalue weighted by Crippen LogP contribution is 2.42. The van der Waals surface area contributed by atoms with Crippen LogP contribution in [0, 0.1) is 6.92 Å². The Morgan fingerprint density at radius 2 is 2.03 bits per heavy atom. The standard InChI is InChI=1S/C25H27N3O5/c1-14-10-18(29)24-19(30)11-21(23(25(24)33-14)15-8-9-27(2)12-20(15)31)32-13-22-26-16-6-4-5-7-17(16)28(22)3/h4-7,10-11,15,20,30-31H,8-9,12-13H2,1-3H3. The maximum absolute atomic E-state index is 12.7. The molecule has 8 heteroatoms. The van der Waals surface area contributed by atoms with E-state index in [1.54, 1.807) is 6.92 Å². The molecule has 2 atom stereocenters. The first-order valence-corrected chi connectivity index (χ1v) is 11.0. The van der Waals surface area contributed by atoms with Gasteiger partial charge in [-0.2, -0.15) is 0 Å². The van der Waals surface area contributed by atoms with Crippen molar-refractivity contribution < 1.29 is 19.4 Å². The van der Waals surface area contributed by atoms with Crippen LogP contribution in [-0.4, -0.2) is 50.9 Å². The van der Waals surface area contributed by atoms with Crippen molar-refractivity contribution in [2.75, 3.05) is 20.1 Å². The number of likely N-dealkylation sites (tertiary alicyclic amines) is 1. The Hall–Kier alpha value is -3.36. The van der Waals surface area contributed by atoms with E-state index < -0.39 is 6.10 Å². The molecule has 0 saturated carbocycles. The van der Waals surface area contributed by atoms with Gasteiger partial charge in [-0.3, -0.25) is 4.79 Å². The predicted molar refractivity (Wildman–Crippen MR) is 125 cm³/mol. The highest BCUT2D eigenvalue weighted by Gasteiger charge is 2.33. The van der Waals surface area contributed by atoms with E-state index in [1.165, 1.54) is 12.1 Å². The van der Waals surface area contributed by atoms with Crippen molar-refractivity contribution >= 4 is 22.0 Å². The number of aromatic hydroxyl groups is 1. The van der Waals surface area contributed by atoms with Crippen molar-refractivity contribution in [2.45, 2.75) is 32.0 Å². The van der Waals surface area contributed by atoms with Gasteiger partial charge in [0.1, 0.15) is 40.7 Å². The third-order valence-corrected chi connectivity index (χ3v) is 6.50. The van der Waals surface area contributed by atoms with Crippen molar-refractivity contribution in [2.24, 2.45) is 7.05 Å². The number of benzene rings is 2. The van der Waals surface area contributed by atoms with E-state index in [1.807, 2.05) is 42.9 Å². The third kappa shape index (κ3) is 3.75. The highest BCUT2D eigenvalue weighted by atomic mass is 16.5. The molecule has 0 bridgehead atoms. The molecule has 4 aromatic rings. The van der Waals surface area contributed by atoms with Gasteiger partial charge in [-0.1, -0.05) is 12.1 Å². The van der Waals surface area contributed by atoms with Crippen molar-refractivity contribution in [1.82, 2.24) is 14.5 Å². The number of likely N-dealkylation sites (N-methyl/N-ethyl adjacent to an activating group) is 1. The maximum Gasteiger partial charge on any atom is 0.196 e. The molecule has 0 spiro atoms. The number of aliphatic hydroxyl groups excluding tert-OH is 1. The zero-order valence-corrected chi connectivity index (χ0v) is 18.9. The summed E-state index contributed by atoms with van der Waals surface area (Å²) >= 11 is 0. The van der Waals surface area contributed by atoms with E-state index in [-0.39, 0.29) is 34.7 Å². The highest BCUT2D eigenvalue weighted by molar-refractivity contribution is 5.88. The number of aliphatic hydroxyl groups is 1. The van der Waals surface area contributed by atoms with Gasteiger partial charge in [0.25, 0.3) is 0 Å². The van der Waals surface area contributed by atoms with Gasteiger partial charge in [-0.05, 0) is 39.1 Å². The monoisotopic (exact) mass is 449 g/mol. The van der Waals surface area contributed by atoms with Crippen LogP contribution in [0.15, 0.2) is 45.6 Å². The maximum atomic E-state index is 12.7. The summed E-state index contributed by atoms with van der Waals surface area (Å²) in [6.07, 6.45) is -0.00176. The quantitative estimate of drug-likeness (QED) is 0.494. The van der Waals surface area contributed by atoms with Crippen molar-refractivity contribution in [3.05, 3.63) is 63.8 Å². The Labute approximate surface area is 190 Å². The van der Waals surface area contributed by atoms with Gasteiger partial charge in [-0.25, -0.2) is 4.98 Å². The Morgan fingerprint density at radius 1 is 1.24 bits per heavy atom. The second kappa shape index (κ2) is 8.20. The van der Waals surface area contributed by atoms with E-state index in [4.69, 9.17) is 9.15 Å². The normalized spacial score (nSPS) is 19.4. The number of ether oxygens (including phenoxy) is 1. The Morgan fingerprint density at radius 3 is 2.79 bits per heavy atom. The summed E-state index contributed by atoms with van der Waals surface area (Å²) in [7, 11) is 3.89. The SMILES string of the molecule is Cc1cc(=O)c2c(O)cc(OCc3nc4ccccc4n3C)c(C3CCN(C)CC3O)c2o1. The molecule has 2 unspecified atom stereocenters. The molecule has 33 heavy (non-hydrogen) atoms. The van der Waals surface area contributed by atoms with Crippen molar-refractivity contribution in [3.8, 4) is 11.5 Å². The molecule has 1 fully saturated rings. The molecule has 1 aliphatic heterocycles. The first-order valence-electron chi connectivity index (χ1n) is 11.0. The predicted octanol–water partition coefficient (Wildman–Crippen LogP) is 3.05. The van der Waals surface area contributed by atoms with Crippen LogP contribution in [0.3, 0.4) is 0 Å². The Balaban J connectivity index is 1.62. The van der Waals surface area contributed by atoms with E-state index in [0.29, 0.717) is 30.0 Å². The van der Waals surface area contributed by atoms with E-state index >= 15 is 0 Å². The number of rotatable bonds is 4. The molecule has 0 aliphatic carbocycles. The summed E-state index contributed by atoms with van der Waals surface area (Å²) < 4.78 is 14.1. The summed E-state index contributed by atoms with van der Waals surface area (Å²) in [4.78, 5) is 19.4. The minimum atomic E-state index is -0.666. The fraction of sp³-hybridized carbons (Fsp3) is 0.360. The van der Waals surface area contributed by atoms with Crippen LogP contribution in [0.2, 0.25) is 0 Å². The second-order valence-electron chi connectivity index (χ2n) is 8.82. The molecule has 1 aliphatic rings. The van der Waals surface area contributed by atoms with Gasteiger partial charge in [0, 0.05) is 37.2 Å². The van der Waals surface area contributed by atoms with Crippen LogP contribution in [0.25, 0.3) is 22.0 Å². The number of aryl methyl sites for hydroxylation is 2. The minimum absolute atomic E-state index is 0.108. The minimum Gasteiger partial charge on any atom is -0.507 e. The van der Waals surface area contributed by atoms with Gasteiger partial charge >= 0.3 is 0 Å². The molecule has 5 rings (SSSR count). The summed E-state index contributed by atoms with van der Waals surface area (Å²) in [5.74, 6) is 1.03. The summed E-state index contributed by atoms with van der Waals surface area (Å²) in [5.41, 5.74) is 2.42. The lowest BCUT2D eigenvalue weighted by molar-refractivity contribution is 0.0626. The number of β-amino-alcohol motifs (C(OH)–C–C–N with tert-alkyl or cyclic N) is 1. The molecule has 8 nitrogen and oxygen atoms in total. The molecular weight excluding hydrogens is 422 g/mol. The number of imidazole rings is 1. The summed E-state index contributed by atoms with van der Waals surface area (Å²) in [6.45, 7) is 3.12. The van der Waals surface area contributed by atoms with Crippen LogP contribution < -0.4 is 10.2 Å². The van der Waals surface area contributed by atoms with Crippen molar-refractivity contribution in [3.63, 3.8) is 0 Å². The average Bonchev–Trinajstić information content (AvgIpc) is 3.08. The van der Waals surface area contributed by atoms with E-state index in [2.05, 4.69) is 9.88 Å². The first-order chi connectivity index (χ1) is 15.8. The van der Waals surface area contributed by atoms with Crippen LogP contribution in [0.4, 0.5) is 0 Å². The molecule has 172 valence electrons. The van der Waals surface area contributed by atoms with E-state index in [9.17, 15) is 15.0 Å². The fourth-order valence-electron chi connectivity index (χ4n) is 4.79. The molecular formula is C25H27N3O5. The molecule has 1 saturated heterocycles. The lowest BCUT2D eigenvalue weighted by Gasteiger charge is -2.34. The smallest absolute Gasteiger partial charge is 0.196 e. The van der Waals surface area contributed by atoms with Gasteiger partial charge in [0.2, 0.25) is 0 Å². The van der Waals surface area contributed by atoms with Crippen LogP contribution >= 0.6 is 0 Å². The van der Waals surface area contributed by atoms with Gasteiger partial charge < -0.3 is 28.8 Å². The molecule has 3 heterocycles. The van der Waals surface area contributed by atoms with Gasteiger partial charge in [0.15, 0.2) is 5.43 Å². The fourth-order valence-corrected chi connectivity index (χ4v) is 4.79. The van der Waals surface area contributed by atoms with Crippen LogP contribution in [-0.2, 0) is 13.7 Å². The number of fused-ring (bicyclic) bond motifs is 2. The largest absolute Gasteiger partial charge is 0.507 e. The summed E-state index contributed by atoms with van der Waals surface area (Å²) in [5, 5.41) is 21.7. The van der Waals surface area contributed by atoms with Crippen LogP contribution in [0.1, 0.15) is 29.5 Å². The number of hydrogen-bond acceptors (Lipinski definition) is 7. The number of aromatic nitrogens is 2. The second-order valence-corrected chi connectivity index (χ2v) is 8.82. The topological polar surface area (TPSA) is 101 Å². The summed E-state index contributed by atoms with van der Waals surface area (Å²) in [6, 6.07) is 10.6. The molecule has 0 amide bonds. The molecule has 2 aromatic heterocycles. The number of nitrogens with zero attached hydrogens (tertiary/aromatic N) is 3. The van der Waals surface area contributed by atoms with E-state index in [0.717, 1.165) is 23.4 Å². The lowest BCUT2D eigenvalue weighted by Crippen LogP contribution is -2.40. The Bertz CT molecular complexity index is 1410. The van der Waals surface area contributed by atoms with Crippen molar-refractivity contribution in [1.29, 1.82) is 0 Å². The Kier molecular flexibility index (Phi) is 5.34. The zero-order chi connectivity index (χ0) is 23.3. The van der Waals surface area contributed by atoms with Crippen LogP contribution in [0.5, 0.6) is 11.5 Å². The number of piperidine rings is 1. The average molecular weight is 450 g/mol. The van der Waals surface area contributed by atoms with Gasteiger partial charge in [-0.15, -0.1) is 0 Å². The molecule has 2 aromatic carbocycles. The van der Waals surface area contributed by atoms with Gasteiger partial charge in [0.05, 0.1) is 17.1 Å². The third-order valence-electron chi connectivity index (χ3n) is 6.50. The number of phenols is 1. The first kappa shape index (κ1) is 21.5. The molecule has 2 N–H and O–H groups in total.